The molecule has 0 rings (SSSR count). The summed E-state index contributed by atoms with van der Waals surface area (Å²) >= 11 is 5.47. The molecule has 0 aromatic heterocycles. The van der Waals surface area contributed by atoms with Gasteiger partial charge < -0.3 is 9.47 Å². The lowest BCUT2D eigenvalue weighted by molar-refractivity contribution is -0.149. The minimum Gasteiger partial charge on any atom is -0.462 e. The van der Waals surface area contributed by atoms with Gasteiger partial charge in [-0.2, -0.15) is 0 Å². The summed E-state index contributed by atoms with van der Waals surface area (Å²) in [6.07, 6.45) is -0.624. The molecule has 0 radical (unpaired) electrons. The molecule has 0 aliphatic carbocycles. The van der Waals surface area contributed by atoms with Crippen molar-refractivity contribution in [1.82, 2.24) is 10.2 Å². The molecule has 0 saturated carbocycles. The van der Waals surface area contributed by atoms with Gasteiger partial charge in [-0.15, -0.1) is 0 Å². The van der Waals surface area contributed by atoms with Crippen LogP contribution in [0.3, 0.4) is 0 Å². The lowest BCUT2D eigenvalue weighted by atomic mass is 10.4. The molecule has 0 spiro atoms. The van der Waals surface area contributed by atoms with Gasteiger partial charge in [-0.1, -0.05) is 11.6 Å². The first-order valence-corrected chi connectivity index (χ1v) is 9.43. The quantitative estimate of drug-likeness (QED) is 0.341. The molecule has 0 heterocycles. The molecule has 0 aliphatic heterocycles. The summed E-state index contributed by atoms with van der Waals surface area (Å²) in [5.41, 5.74) is 0. The van der Waals surface area contributed by atoms with Gasteiger partial charge >= 0.3 is 19.6 Å². The zero-order valence-electron chi connectivity index (χ0n) is 14.3. The number of hydrogen-bond donors (Lipinski definition) is 2. The normalized spacial score (nSPS) is 16.7. The molecule has 3 atom stereocenters. The van der Waals surface area contributed by atoms with E-state index in [9.17, 15) is 14.2 Å². The fourth-order valence-electron chi connectivity index (χ4n) is 1.46. The summed E-state index contributed by atoms with van der Waals surface area (Å²) in [4.78, 5) is 23.6. The third-order valence-electron chi connectivity index (χ3n) is 2.37. The molecule has 0 fully saturated rings. The van der Waals surface area contributed by atoms with Crippen molar-refractivity contribution < 1.29 is 28.2 Å². The summed E-state index contributed by atoms with van der Waals surface area (Å²) in [6, 6.07) is -2.24. The standard InChI is InChI=1S/C13H26ClN2O6P/c1-8(2)21-12(17)10(5)15-23(19,20-7-14)16-11(6)13(18)22-9(3)4/h8-11H,7H2,1-6H3,(H2,15,16,19)/t10-,11?,23?/m0/s1. The molecule has 0 amide bonds. The van der Waals surface area contributed by atoms with Crippen molar-refractivity contribution in [2.45, 2.75) is 65.8 Å². The van der Waals surface area contributed by atoms with Crippen molar-refractivity contribution in [2.75, 3.05) is 6.07 Å². The first-order valence-electron chi connectivity index (χ1n) is 7.28. The average Bonchev–Trinajstić information content (AvgIpc) is 2.36. The number of carbonyl (C=O) groups excluding carboxylic acids is 2. The van der Waals surface area contributed by atoms with E-state index in [0.717, 1.165) is 0 Å². The van der Waals surface area contributed by atoms with Gasteiger partial charge in [-0.05, 0) is 41.5 Å². The lowest BCUT2D eigenvalue weighted by Gasteiger charge is -2.25. The van der Waals surface area contributed by atoms with Gasteiger partial charge in [0.15, 0.2) is 0 Å². The van der Waals surface area contributed by atoms with E-state index >= 15 is 0 Å². The molecule has 2 unspecified atom stereocenters. The van der Waals surface area contributed by atoms with E-state index in [1.54, 1.807) is 27.7 Å². The topological polar surface area (TPSA) is 103 Å². The summed E-state index contributed by atoms with van der Waals surface area (Å²) in [5.74, 6) is -1.20. The third-order valence-corrected chi connectivity index (χ3v) is 4.58. The van der Waals surface area contributed by atoms with Gasteiger partial charge in [0.1, 0.15) is 18.1 Å². The van der Waals surface area contributed by atoms with Crippen molar-refractivity contribution in [1.29, 1.82) is 0 Å². The molecule has 0 saturated heterocycles. The fourth-order valence-corrected chi connectivity index (χ4v) is 3.47. The zero-order chi connectivity index (χ0) is 18.2. The van der Waals surface area contributed by atoms with Crippen molar-refractivity contribution in [2.24, 2.45) is 0 Å². The Morgan fingerprint density at radius 1 is 0.913 bits per heavy atom. The van der Waals surface area contributed by atoms with Gasteiger partial charge in [-0.25, -0.2) is 10.2 Å². The monoisotopic (exact) mass is 372 g/mol. The number of rotatable bonds is 10. The van der Waals surface area contributed by atoms with Gasteiger partial charge in [0.25, 0.3) is 0 Å². The molecule has 0 aromatic rings. The van der Waals surface area contributed by atoms with E-state index in [1.807, 2.05) is 0 Å². The largest absolute Gasteiger partial charge is 0.462 e. The van der Waals surface area contributed by atoms with Gasteiger partial charge in [0, 0.05) is 0 Å². The second-order valence-electron chi connectivity index (χ2n) is 5.46. The maximum atomic E-state index is 12.7. The Hall–Kier alpha value is -0.660. The first-order chi connectivity index (χ1) is 10.5. The molecule has 0 bridgehead atoms. The highest BCUT2D eigenvalue weighted by Crippen LogP contribution is 2.39. The predicted molar refractivity (Wildman–Crippen MR) is 87.1 cm³/mol. The number of halogens is 1. The number of ether oxygens (including phenoxy) is 2. The van der Waals surface area contributed by atoms with E-state index in [1.165, 1.54) is 13.8 Å². The number of esters is 2. The van der Waals surface area contributed by atoms with Crippen LogP contribution in [0.2, 0.25) is 0 Å². The van der Waals surface area contributed by atoms with Crippen LogP contribution in [0.5, 0.6) is 0 Å². The second-order valence-corrected chi connectivity index (χ2v) is 7.56. The predicted octanol–water partition coefficient (Wildman–Crippen LogP) is 2.17. The highest BCUT2D eigenvalue weighted by molar-refractivity contribution is 7.54. The van der Waals surface area contributed by atoms with E-state index in [0.29, 0.717) is 0 Å². The summed E-state index contributed by atoms with van der Waals surface area (Å²) in [5, 5.41) is 4.99. The summed E-state index contributed by atoms with van der Waals surface area (Å²) in [6.45, 7) is 9.72. The van der Waals surface area contributed by atoms with Crippen LogP contribution in [0.1, 0.15) is 41.5 Å². The molecule has 10 heteroatoms. The minimum absolute atomic E-state index is 0.312. The van der Waals surface area contributed by atoms with Crippen LogP contribution in [0.4, 0.5) is 0 Å². The summed E-state index contributed by atoms with van der Waals surface area (Å²) < 4.78 is 27.7. The number of hydrogen-bond acceptors (Lipinski definition) is 6. The number of nitrogens with one attached hydrogen (secondary N) is 2. The highest BCUT2D eigenvalue weighted by atomic mass is 35.5. The molecule has 2 N–H and O–H groups in total. The molecule has 23 heavy (non-hydrogen) atoms. The van der Waals surface area contributed by atoms with Crippen molar-refractivity contribution in [3.63, 3.8) is 0 Å². The van der Waals surface area contributed by atoms with E-state index in [4.69, 9.17) is 25.6 Å². The lowest BCUT2D eigenvalue weighted by Crippen LogP contribution is -2.43. The summed E-state index contributed by atoms with van der Waals surface area (Å²) in [7, 11) is -3.76. The van der Waals surface area contributed by atoms with Crippen LogP contribution in [-0.2, 0) is 28.2 Å². The third kappa shape index (κ3) is 9.27. The molecule has 8 nitrogen and oxygen atoms in total. The molecular weight excluding hydrogens is 347 g/mol. The Labute approximate surface area is 142 Å². The van der Waals surface area contributed by atoms with Crippen molar-refractivity contribution in [3.05, 3.63) is 0 Å². The number of carbonyl (C=O) groups is 2. The zero-order valence-corrected chi connectivity index (χ0v) is 15.9. The van der Waals surface area contributed by atoms with E-state index < -0.39 is 37.8 Å². The van der Waals surface area contributed by atoms with Crippen LogP contribution in [0.25, 0.3) is 0 Å². The Morgan fingerprint density at radius 3 is 1.52 bits per heavy atom. The molecule has 0 aliphatic rings. The fraction of sp³-hybridized carbons (Fsp3) is 0.846. The van der Waals surface area contributed by atoms with Crippen LogP contribution < -0.4 is 10.2 Å². The van der Waals surface area contributed by atoms with Gasteiger partial charge in [-0.3, -0.25) is 18.7 Å². The van der Waals surface area contributed by atoms with Crippen LogP contribution in [0.15, 0.2) is 0 Å². The van der Waals surface area contributed by atoms with Gasteiger partial charge in [0.2, 0.25) is 0 Å². The maximum absolute atomic E-state index is 12.7. The SMILES string of the molecule is CC(C)OC(=O)C(C)NP(=O)(N[C@@H](C)C(=O)OC(C)C)OCCl. The minimum atomic E-state index is -3.76. The van der Waals surface area contributed by atoms with Crippen LogP contribution in [0, 0.1) is 0 Å². The average molecular weight is 373 g/mol. The second kappa shape index (κ2) is 10.3. The molecule has 0 aromatic carbocycles. The van der Waals surface area contributed by atoms with Crippen molar-refractivity contribution in [3.8, 4) is 0 Å². The van der Waals surface area contributed by atoms with Crippen molar-refractivity contribution >= 4 is 31.2 Å². The Morgan fingerprint density at radius 2 is 1.26 bits per heavy atom. The first kappa shape index (κ1) is 22.3. The Balaban J connectivity index is 4.88. The number of alkyl halides is 1. The smallest absolute Gasteiger partial charge is 0.343 e. The molecular formula is C13H26ClN2O6P. The Bertz CT molecular complexity index is 412. The van der Waals surface area contributed by atoms with Crippen LogP contribution >= 0.6 is 19.3 Å². The highest BCUT2D eigenvalue weighted by Gasteiger charge is 2.33. The van der Waals surface area contributed by atoms with Crippen LogP contribution in [-0.4, -0.2) is 42.3 Å². The van der Waals surface area contributed by atoms with Gasteiger partial charge in [0.05, 0.1) is 12.2 Å². The Kier molecular flexibility index (Phi) is 9.96. The van der Waals surface area contributed by atoms with E-state index in [-0.39, 0.29) is 12.2 Å². The van der Waals surface area contributed by atoms with E-state index in [2.05, 4.69) is 10.2 Å². The maximum Gasteiger partial charge on any atom is 0.343 e. The molecule has 136 valence electrons.